The Labute approximate surface area is 113 Å². The molecule has 0 radical (unpaired) electrons. The molecule has 0 saturated heterocycles. The topological polar surface area (TPSA) is 3.24 Å². The molecule has 1 rings (SSSR count). The molecule has 18 heavy (non-hydrogen) atoms. The van der Waals surface area contributed by atoms with E-state index in [1.807, 2.05) is 0 Å². The van der Waals surface area contributed by atoms with Crippen molar-refractivity contribution in [1.29, 1.82) is 0 Å². The molecule has 0 amide bonds. The van der Waals surface area contributed by atoms with Crippen molar-refractivity contribution in [1.82, 2.24) is 4.90 Å². The second kappa shape index (κ2) is 6.94. The molecular weight excluding hydrogens is 218 g/mol. The summed E-state index contributed by atoms with van der Waals surface area (Å²) >= 11 is 0. The second-order valence-electron chi connectivity index (χ2n) is 5.86. The van der Waals surface area contributed by atoms with Crippen LogP contribution in [-0.2, 0) is 6.54 Å². The summed E-state index contributed by atoms with van der Waals surface area (Å²) in [5.74, 6) is 1.32. The Bertz CT molecular complexity index is 340. The van der Waals surface area contributed by atoms with E-state index < -0.39 is 0 Å². The molecule has 0 aliphatic carbocycles. The first kappa shape index (κ1) is 15.2. The highest BCUT2D eigenvalue weighted by molar-refractivity contribution is 5.34. The molecule has 0 aliphatic rings. The van der Waals surface area contributed by atoms with Gasteiger partial charge in [0.15, 0.2) is 0 Å². The maximum Gasteiger partial charge on any atom is 0.0227 e. The summed E-state index contributed by atoms with van der Waals surface area (Å²) < 4.78 is 0. The molecule has 1 nitrogen and oxygen atoms in total. The van der Waals surface area contributed by atoms with Gasteiger partial charge in [-0.25, -0.2) is 0 Å². The van der Waals surface area contributed by atoms with Crippen LogP contribution in [0.25, 0.3) is 0 Å². The molecule has 0 aliphatic heterocycles. The SMILES string of the molecule is CCC(C)c1cc(CN(C)C)cc(C(C)CC)c1. The van der Waals surface area contributed by atoms with Crippen molar-refractivity contribution >= 4 is 0 Å². The van der Waals surface area contributed by atoms with Crippen LogP contribution in [0.3, 0.4) is 0 Å². The van der Waals surface area contributed by atoms with Crippen molar-refractivity contribution in [3.05, 3.63) is 34.9 Å². The lowest BCUT2D eigenvalue weighted by Gasteiger charge is -2.18. The van der Waals surface area contributed by atoms with Crippen LogP contribution in [0.15, 0.2) is 18.2 Å². The lowest BCUT2D eigenvalue weighted by atomic mass is 9.89. The summed E-state index contributed by atoms with van der Waals surface area (Å²) in [5, 5.41) is 0. The van der Waals surface area contributed by atoms with Crippen molar-refractivity contribution in [3.63, 3.8) is 0 Å². The first-order valence-electron chi connectivity index (χ1n) is 7.26. The normalized spacial score (nSPS) is 14.8. The summed E-state index contributed by atoms with van der Waals surface area (Å²) in [6.45, 7) is 10.2. The third kappa shape index (κ3) is 4.13. The van der Waals surface area contributed by atoms with Gasteiger partial charge >= 0.3 is 0 Å². The van der Waals surface area contributed by atoms with Crippen molar-refractivity contribution in [2.45, 2.75) is 58.9 Å². The Balaban J connectivity index is 3.11. The predicted octanol–water partition coefficient (Wildman–Crippen LogP) is 4.78. The van der Waals surface area contributed by atoms with E-state index in [1.165, 1.54) is 29.5 Å². The molecule has 1 aromatic carbocycles. The number of hydrogen-bond acceptors (Lipinski definition) is 1. The first-order chi connectivity index (χ1) is 8.47. The molecule has 0 aromatic heterocycles. The average molecular weight is 247 g/mol. The Morgan fingerprint density at radius 1 is 0.889 bits per heavy atom. The minimum atomic E-state index is 0.662. The van der Waals surface area contributed by atoms with Crippen LogP contribution in [0.2, 0.25) is 0 Å². The van der Waals surface area contributed by atoms with Crippen LogP contribution in [0, 0.1) is 0 Å². The molecule has 1 heteroatoms. The minimum Gasteiger partial charge on any atom is -0.305 e. The highest BCUT2D eigenvalue weighted by atomic mass is 15.0. The van der Waals surface area contributed by atoms with Gasteiger partial charge in [-0.15, -0.1) is 0 Å². The number of nitrogens with zero attached hydrogens (tertiary/aromatic N) is 1. The molecule has 0 fully saturated rings. The van der Waals surface area contributed by atoms with Crippen LogP contribution in [0.4, 0.5) is 0 Å². The monoisotopic (exact) mass is 247 g/mol. The van der Waals surface area contributed by atoms with Gasteiger partial charge in [-0.1, -0.05) is 45.9 Å². The van der Waals surface area contributed by atoms with Gasteiger partial charge in [-0.05, 0) is 55.5 Å². The molecule has 0 saturated carbocycles. The zero-order valence-corrected chi connectivity index (χ0v) is 13.0. The van der Waals surface area contributed by atoms with E-state index in [-0.39, 0.29) is 0 Å². The smallest absolute Gasteiger partial charge is 0.0227 e. The predicted molar refractivity (Wildman–Crippen MR) is 81.2 cm³/mol. The van der Waals surface area contributed by atoms with Crippen molar-refractivity contribution in [3.8, 4) is 0 Å². The standard InChI is InChI=1S/C17H29N/c1-7-13(3)16-9-15(12-18(5)6)10-17(11-16)14(4)8-2/h9-11,13-14H,7-8,12H2,1-6H3. The van der Waals surface area contributed by atoms with Crippen LogP contribution < -0.4 is 0 Å². The molecular formula is C17H29N. The van der Waals surface area contributed by atoms with Gasteiger partial charge in [0.2, 0.25) is 0 Å². The van der Waals surface area contributed by atoms with E-state index in [4.69, 9.17) is 0 Å². The zero-order valence-electron chi connectivity index (χ0n) is 13.0. The quantitative estimate of drug-likeness (QED) is 0.699. The number of rotatable bonds is 6. The summed E-state index contributed by atoms with van der Waals surface area (Å²) in [4.78, 5) is 2.25. The fourth-order valence-corrected chi connectivity index (χ4v) is 2.24. The van der Waals surface area contributed by atoms with Crippen molar-refractivity contribution in [2.24, 2.45) is 0 Å². The van der Waals surface area contributed by atoms with E-state index in [2.05, 4.69) is 64.9 Å². The molecule has 0 N–H and O–H groups in total. The highest BCUT2D eigenvalue weighted by Crippen LogP contribution is 2.27. The zero-order chi connectivity index (χ0) is 13.7. The van der Waals surface area contributed by atoms with Crippen LogP contribution in [0.1, 0.15) is 69.1 Å². The lowest BCUT2D eigenvalue weighted by molar-refractivity contribution is 0.402. The molecule has 0 heterocycles. The Morgan fingerprint density at radius 2 is 1.33 bits per heavy atom. The van der Waals surface area contributed by atoms with Crippen molar-refractivity contribution in [2.75, 3.05) is 14.1 Å². The second-order valence-corrected chi connectivity index (χ2v) is 5.86. The van der Waals surface area contributed by atoms with Gasteiger partial charge in [0.1, 0.15) is 0 Å². The van der Waals surface area contributed by atoms with Crippen molar-refractivity contribution < 1.29 is 0 Å². The fourth-order valence-electron chi connectivity index (χ4n) is 2.24. The highest BCUT2D eigenvalue weighted by Gasteiger charge is 2.10. The van der Waals surface area contributed by atoms with E-state index in [0.717, 1.165) is 6.54 Å². The fraction of sp³-hybridized carbons (Fsp3) is 0.647. The lowest BCUT2D eigenvalue weighted by Crippen LogP contribution is -2.11. The summed E-state index contributed by atoms with van der Waals surface area (Å²) in [7, 11) is 4.28. The van der Waals surface area contributed by atoms with Gasteiger partial charge in [0, 0.05) is 6.54 Å². The van der Waals surface area contributed by atoms with Gasteiger partial charge in [0.05, 0.1) is 0 Å². The third-order valence-electron chi connectivity index (χ3n) is 3.90. The largest absolute Gasteiger partial charge is 0.305 e. The maximum absolute atomic E-state index is 2.42. The van der Waals surface area contributed by atoms with Crippen LogP contribution in [-0.4, -0.2) is 19.0 Å². The van der Waals surface area contributed by atoms with E-state index in [1.54, 1.807) is 0 Å². The number of benzene rings is 1. The first-order valence-corrected chi connectivity index (χ1v) is 7.26. The Morgan fingerprint density at radius 3 is 1.67 bits per heavy atom. The summed E-state index contributed by atoms with van der Waals surface area (Å²) in [5.41, 5.74) is 4.47. The van der Waals surface area contributed by atoms with E-state index >= 15 is 0 Å². The number of hydrogen-bond donors (Lipinski definition) is 0. The summed E-state index contributed by atoms with van der Waals surface area (Å²) in [6.07, 6.45) is 2.43. The van der Waals surface area contributed by atoms with Gasteiger partial charge < -0.3 is 4.90 Å². The van der Waals surface area contributed by atoms with E-state index in [9.17, 15) is 0 Å². The molecule has 2 atom stereocenters. The van der Waals surface area contributed by atoms with Gasteiger partial charge in [-0.3, -0.25) is 0 Å². The molecule has 2 unspecified atom stereocenters. The Hall–Kier alpha value is -0.820. The van der Waals surface area contributed by atoms with Crippen LogP contribution in [0.5, 0.6) is 0 Å². The summed E-state index contributed by atoms with van der Waals surface area (Å²) in [6, 6.07) is 7.20. The molecule has 1 aromatic rings. The molecule has 0 spiro atoms. The average Bonchev–Trinajstić information content (AvgIpc) is 2.35. The van der Waals surface area contributed by atoms with Gasteiger partial charge in [0.25, 0.3) is 0 Å². The maximum atomic E-state index is 2.42. The van der Waals surface area contributed by atoms with Crippen LogP contribution >= 0.6 is 0 Å². The third-order valence-corrected chi connectivity index (χ3v) is 3.90. The van der Waals surface area contributed by atoms with E-state index in [0.29, 0.717) is 11.8 Å². The molecule has 102 valence electrons. The minimum absolute atomic E-state index is 0.662. The Kier molecular flexibility index (Phi) is 5.87. The van der Waals surface area contributed by atoms with Gasteiger partial charge in [-0.2, -0.15) is 0 Å². The molecule has 0 bridgehead atoms.